The summed E-state index contributed by atoms with van der Waals surface area (Å²) in [6.07, 6.45) is 2.49. The van der Waals surface area contributed by atoms with E-state index in [0.29, 0.717) is 44.7 Å². The highest BCUT2D eigenvalue weighted by Gasteiger charge is 2.32. The van der Waals surface area contributed by atoms with Gasteiger partial charge in [-0.15, -0.1) is 0 Å². The first-order valence-corrected chi connectivity index (χ1v) is 9.21. The minimum absolute atomic E-state index is 0.0291. The van der Waals surface area contributed by atoms with Crippen LogP contribution in [0, 0.1) is 0 Å². The van der Waals surface area contributed by atoms with Gasteiger partial charge in [0, 0.05) is 38.3 Å². The Hall–Kier alpha value is -2.41. The molecule has 0 radical (unpaired) electrons. The fourth-order valence-electron chi connectivity index (χ4n) is 3.68. The highest BCUT2D eigenvalue weighted by Crippen LogP contribution is 2.17. The molecule has 2 heterocycles. The number of piperazine rings is 1. The van der Waals surface area contributed by atoms with Crippen molar-refractivity contribution in [1.82, 2.24) is 14.7 Å². The van der Waals surface area contributed by atoms with E-state index in [4.69, 9.17) is 5.73 Å². The van der Waals surface area contributed by atoms with Crippen molar-refractivity contribution in [3.63, 3.8) is 0 Å². The summed E-state index contributed by atoms with van der Waals surface area (Å²) in [7, 11) is 0. The summed E-state index contributed by atoms with van der Waals surface area (Å²) in [6.45, 7) is 3.37. The normalized spacial score (nSPS) is 21.5. The number of benzene rings is 1. The molecule has 7 heteroatoms. The van der Waals surface area contributed by atoms with Crippen molar-refractivity contribution in [1.29, 1.82) is 0 Å². The first-order chi connectivity index (χ1) is 12.6. The lowest BCUT2D eigenvalue weighted by Crippen LogP contribution is -2.55. The number of likely N-dealkylation sites (tertiary alicyclic amines) is 1. The number of rotatable bonds is 4. The van der Waals surface area contributed by atoms with Crippen LogP contribution in [-0.2, 0) is 9.59 Å². The van der Waals surface area contributed by atoms with Gasteiger partial charge in [0.05, 0.1) is 6.54 Å². The molecule has 1 aromatic rings. The number of hydrogen-bond donors (Lipinski definition) is 1. The Morgan fingerprint density at radius 1 is 0.962 bits per heavy atom. The zero-order valence-electron chi connectivity index (χ0n) is 15.0. The molecule has 0 unspecified atom stereocenters. The molecule has 140 valence electrons. The molecule has 0 saturated carbocycles. The smallest absolute Gasteiger partial charge is 0.253 e. The Kier molecular flexibility index (Phi) is 5.88. The van der Waals surface area contributed by atoms with E-state index >= 15 is 0 Å². The van der Waals surface area contributed by atoms with Gasteiger partial charge in [0.25, 0.3) is 5.91 Å². The van der Waals surface area contributed by atoms with Crippen LogP contribution in [-0.4, -0.2) is 77.7 Å². The van der Waals surface area contributed by atoms with Crippen LogP contribution in [0.2, 0.25) is 0 Å². The second-order valence-electron chi connectivity index (χ2n) is 6.94. The molecule has 0 aliphatic carbocycles. The summed E-state index contributed by atoms with van der Waals surface area (Å²) >= 11 is 0. The van der Waals surface area contributed by atoms with Gasteiger partial charge in [0.1, 0.15) is 6.04 Å². The molecule has 2 fully saturated rings. The Bertz CT molecular complexity index is 656. The van der Waals surface area contributed by atoms with Gasteiger partial charge in [-0.05, 0) is 31.4 Å². The monoisotopic (exact) mass is 358 g/mol. The Morgan fingerprint density at radius 2 is 1.65 bits per heavy atom. The van der Waals surface area contributed by atoms with Crippen LogP contribution in [0.15, 0.2) is 30.3 Å². The van der Waals surface area contributed by atoms with Crippen LogP contribution in [0.25, 0.3) is 0 Å². The predicted octanol–water partition coefficient (Wildman–Crippen LogP) is 0.311. The number of hydrogen-bond acceptors (Lipinski definition) is 4. The lowest BCUT2D eigenvalue weighted by Gasteiger charge is -2.38. The van der Waals surface area contributed by atoms with Crippen LogP contribution in [0.5, 0.6) is 0 Å². The van der Waals surface area contributed by atoms with Gasteiger partial charge in [0.15, 0.2) is 0 Å². The van der Waals surface area contributed by atoms with Crippen LogP contribution < -0.4 is 5.73 Å². The average Bonchev–Trinajstić information content (AvgIpc) is 2.68. The minimum Gasteiger partial charge on any atom is -0.368 e. The maximum absolute atomic E-state index is 12.6. The Balaban J connectivity index is 1.51. The third-order valence-electron chi connectivity index (χ3n) is 5.19. The van der Waals surface area contributed by atoms with E-state index < -0.39 is 11.9 Å². The van der Waals surface area contributed by atoms with Gasteiger partial charge in [-0.3, -0.25) is 19.3 Å². The molecule has 26 heavy (non-hydrogen) atoms. The summed E-state index contributed by atoms with van der Waals surface area (Å²) in [5.41, 5.74) is 6.13. The van der Waals surface area contributed by atoms with E-state index in [1.54, 1.807) is 4.90 Å². The fraction of sp³-hybridized carbons (Fsp3) is 0.526. The minimum atomic E-state index is -0.475. The fourth-order valence-corrected chi connectivity index (χ4v) is 3.68. The highest BCUT2D eigenvalue weighted by molar-refractivity contribution is 5.94. The summed E-state index contributed by atoms with van der Waals surface area (Å²) in [4.78, 5) is 42.2. The maximum Gasteiger partial charge on any atom is 0.253 e. The second kappa shape index (κ2) is 8.31. The van der Waals surface area contributed by atoms with Gasteiger partial charge in [0.2, 0.25) is 11.8 Å². The zero-order chi connectivity index (χ0) is 18.5. The van der Waals surface area contributed by atoms with Gasteiger partial charge in [-0.2, -0.15) is 0 Å². The number of amides is 3. The van der Waals surface area contributed by atoms with Crippen LogP contribution >= 0.6 is 0 Å². The molecule has 2 saturated heterocycles. The number of nitrogens with zero attached hydrogens (tertiary/aromatic N) is 3. The highest BCUT2D eigenvalue weighted by atomic mass is 16.2. The summed E-state index contributed by atoms with van der Waals surface area (Å²) in [5.74, 6) is -0.436. The quantitative estimate of drug-likeness (QED) is 0.839. The lowest BCUT2D eigenvalue weighted by atomic mass is 10.0. The molecule has 3 amide bonds. The van der Waals surface area contributed by atoms with E-state index in [0.717, 1.165) is 12.8 Å². The van der Waals surface area contributed by atoms with Crippen molar-refractivity contribution < 1.29 is 14.4 Å². The number of piperidine rings is 1. The Labute approximate surface area is 153 Å². The lowest BCUT2D eigenvalue weighted by molar-refractivity contribution is -0.142. The molecule has 0 bridgehead atoms. The summed E-state index contributed by atoms with van der Waals surface area (Å²) in [5, 5.41) is 0. The molecular formula is C19H26N4O3. The summed E-state index contributed by atoms with van der Waals surface area (Å²) in [6, 6.07) is 8.76. The van der Waals surface area contributed by atoms with Crippen LogP contribution in [0.1, 0.15) is 29.6 Å². The van der Waals surface area contributed by atoms with Crippen molar-refractivity contribution in [2.75, 3.05) is 39.3 Å². The number of carbonyl (C=O) groups is 3. The maximum atomic E-state index is 12.6. The van der Waals surface area contributed by atoms with E-state index in [1.807, 2.05) is 40.1 Å². The molecule has 2 aliphatic heterocycles. The largest absolute Gasteiger partial charge is 0.368 e. The second-order valence-corrected chi connectivity index (χ2v) is 6.94. The van der Waals surface area contributed by atoms with Gasteiger partial charge < -0.3 is 15.5 Å². The summed E-state index contributed by atoms with van der Waals surface area (Å²) < 4.78 is 0. The molecule has 1 aromatic carbocycles. The third-order valence-corrected chi connectivity index (χ3v) is 5.19. The first-order valence-electron chi connectivity index (χ1n) is 9.21. The van der Waals surface area contributed by atoms with E-state index in [-0.39, 0.29) is 18.4 Å². The van der Waals surface area contributed by atoms with E-state index in [1.165, 1.54) is 0 Å². The zero-order valence-corrected chi connectivity index (χ0v) is 15.0. The number of primary amides is 1. The molecule has 0 spiro atoms. The van der Waals surface area contributed by atoms with Crippen molar-refractivity contribution >= 4 is 17.7 Å². The molecule has 7 nitrogen and oxygen atoms in total. The van der Waals surface area contributed by atoms with E-state index in [9.17, 15) is 14.4 Å². The SMILES string of the molecule is NC(=O)[C@@H]1CCCCN1C(=O)CN1CCN(C(=O)c2ccccc2)CC1. The van der Waals surface area contributed by atoms with Gasteiger partial charge >= 0.3 is 0 Å². The molecule has 1 atom stereocenters. The van der Waals surface area contributed by atoms with Crippen molar-refractivity contribution in [3.8, 4) is 0 Å². The van der Waals surface area contributed by atoms with Crippen molar-refractivity contribution in [2.45, 2.75) is 25.3 Å². The molecular weight excluding hydrogens is 332 g/mol. The van der Waals surface area contributed by atoms with Crippen molar-refractivity contribution in [3.05, 3.63) is 35.9 Å². The number of nitrogens with two attached hydrogens (primary N) is 1. The van der Waals surface area contributed by atoms with E-state index in [2.05, 4.69) is 0 Å². The molecule has 0 aromatic heterocycles. The molecule has 2 aliphatic rings. The predicted molar refractivity (Wildman–Crippen MR) is 97.3 cm³/mol. The van der Waals surface area contributed by atoms with Crippen molar-refractivity contribution in [2.24, 2.45) is 5.73 Å². The van der Waals surface area contributed by atoms with Crippen LogP contribution in [0.3, 0.4) is 0 Å². The standard InChI is InChI=1S/C19H26N4O3/c20-18(25)16-8-4-5-9-23(16)17(24)14-21-10-12-22(13-11-21)19(26)15-6-2-1-3-7-15/h1-3,6-7,16H,4-5,8-14H2,(H2,20,25)/t16-/m0/s1. The Morgan fingerprint density at radius 3 is 2.31 bits per heavy atom. The topological polar surface area (TPSA) is 86.9 Å². The van der Waals surface area contributed by atoms with Gasteiger partial charge in [-0.1, -0.05) is 18.2 Å². The van der Waals surface area contributed by atoms with Gasteiger partial charge in [-0.25, -0.2) is 0 Å². The molecule has 2 N–H and O–H groups in total. The first kappa shape index (κ1) is 18.4. The average molecular weight is 358 g/mol. The van der Waals surface area contributed by atoms with Crippen LogP contribution in [0.4, 0.5) is 0 Å². The third kappa shape index (κ3) is 4.22. The number of carbonyl (C=O) groups excluding carboxylic acids is 3. The molecule has 3 rings (SSSR count).